The van der Waals surface area contributed by atoms with Gasteiger partial charge in [-0.2, -0.15) is 0 Å². The van der Waals surface area contributed by atoms with Gasteiger partial charge in [-0.3, -0.25) is 14.5 Å². The van der Waals surface area contributed by atoms with Crippen molar-refractivity contribution in [2.45, 2.75) is 65.5 Å². The molecule has 1 aliphatic carbocycles. The maximum atomic E-state index is 12.3. The van der Waals surface area contributed by atoms with Crippen molar-refractivity contribution in [2.75, 3.05) is 6.54 Å². The van der Waals surface area contributed by atoms with Crippen molar-refractivity contribution in [2.24, 2.45) is 17.8 Å². The average Bonchev–Trinajstić information content (AvgIpc) is 2.71. The molecular weight excluding hydrogens is 294 g/mol. The predicted octanol–water partition coefficient (Wildman–Crippen LogP) is 1.89. The third-order valence-electron chi connectivity index (χ3n) is 5.17. The molecule has 4 atom stereocenters. The predicted molar refractivity (Wildman–Crippen MR) is 87.6 cm³/mol. The first-order valence-electron chi connectivity index (χ1n) is 8.70. The summed E-state index contributed by atoms with van der Waals surface area (Å²) < 4.78 is 0. The summed E-state index contributed by atoms with van der Waals surface area (Å²) in [6, 6.07) is -0.816. The van der Waals surface area contributed by atoms with Gasteiger partial charge in [0.1, 0.15) is 12.6 Å². The third-order valence-corrected chi connectivity index (χ3v) is 5.17. The van der Waals surface area contributed by atoms with Gasteiger partial charge >= 0.3 is 6.03 Å². The number of urea groups is 1. The minimum atomic E-state index is -0.496. The molecule has 0 spiro atoms. The maximum Gasteiger partial charge on any atom is 0.325 e. The van der Waals surface area contributed by atoms with E-state index in [2.05, 4.69) is 24.5 Å². The highest BCUT2D eigenvalue weighted by Gasteiger charge is 2.39. The zero-order chi connectivity index (χ0) is 17.1. The Morgan fingerprint density at radius 1 is 1.30 bits per heavy atom. The lowest BCUT2D eigenvalue weighted by Crippen LogP contribution is -2.48. The highest BCUT2D eigenvalue weighted by molar-refractivity contribution is 6.06. The molecule has 6 heteroatoms. The summed E-state index contributed by atoms with van der Waals surface area (Å²) >= 11 is 0. The van der Waals surface area contributed by atoms with Crippen molar-refractivity contribution in [3.05, 3.63) is 0 Å². The maximum absolute atomic E-state index is 12.3. The minimum Gasteiger partial charge on any atom is -0.352 e. The van der Waals surface area contributed by atoms with E-state index in [0.717, 1.165) is 17.7 Å². The fourth-order valence-corrected chi connectivity index (χ4v) is 3.54. The Balaban J connectivity index is 1.89. The minimum absolute atomic E-state index is 0.137. The Hall–Kier alpha value is -1.59. The van der Waals surface area contributed by atoms with Crippen LogP contribution in [-0.4, -0.2) is 41.4 Å². The van der Waals surface area contributed by atoms with Gasteiger partial charge in [0, 0.05) is 6.04 Å². The van der Waals surface area contributed by atoms with E-state index in [-0.39, 0.29) is 24.4 Å². The van der Waals surface area contributed by atoms with E-state index < -0.39 is 12.1 Å². The van der Waals surface area contributed by atoms with Gasteiger partial charge in [-0.25, -0.2) is 4.79 Å². The molecule has 23 heavy (non-hydrogen) atoms. The van der Waals surface area contributed by atoms with Crippen LogP contribution in [0.2, 0.25) is 0 Å². The smallest absolute Gasteiger partial charge is 0.325 e. The number of nitrogens with one attached hydrogen (secondary N) is 2. The molecule has 2 rings (SSSR count). The molecule has 0 radical (unpaired) electrons. The van der Waals surface area contributed by atoms with Crippen LogP contribution in [-0.2, 0) is 9.59 Å². The van der Waals surface area contributed by atoms with Crippen LogP contribution in [0, 0.1) is 17.8 Å². The van der Waals surface area contributed by atoms with Crippen LogP contribution in [0.25, 0.3) is 0 Å². The van der Waals surface area contributed by atoms with Crippen LogP contribution in [0.1, 0.15) is 53.4 Å². The SMILES string of the molecule is CC(C)C[C@@H]1NC(=O)N(CC(=O)N[C@H]2CCC[C@@H](C)[C@H]2C)C1=O. The number of amides is 4. The largest absolute Gasteiger partial charge is 0.352 e. The summed E-state index contributed by atoms with van der Waals surface area (Å²) in [4.78, 5) is 37.5. The van der Waals surface area contributed by atoms with Crippen LogP contribution < -0.4 is 10.6 Å². The first-order valence-corrected chi connectivity index (χ1v) is 8.70. The van der Waals surface area contributed by atoms with Crippen molar-refractivity contribution >= 4 is 17.8 Å². The molecule has 1 aliphatic heterocycles. The van der Waals surface area contributed by atoms with Gasteiger partial charge in [0.25, 0.3) is 5.91 Å². The van der Waals surface area contributed by atoms with E-state index in [0.29, 0.717) is 24.2 Å². The lowest BCUT2D eigenvalue weighted by molar-refractivity contribution is -0.133. The van der Waals surface area contributed by atoms with E-state index >= 15 is 0 Å². The second-order valence-electron chi connectivity index (χ2n) is 7.50. The molecule has 2 fully saturated rings. The van der Waals surface area contributed by atoms with E-state index in [1.54, 1.807) is 0 Å². The molecule has 1 saturated heterocycles. The number of hydrogen-bond donors (Lipinski definition) is 2. The van der Waals surface area contributed by atoms with Crippen LogP contribution >= 0.6 is 0 Å². The summed E-state index contributed by atoms with van der Waals surface area (Å²) in [6.07, 6.45) is 3.86. The van der Waals surface area contributed by atoms with Gasteiger partial charge in [-0.1, -0.05) is 40.5 Å². The number of hydrogen-bond acceptors (Lipinski definition) is 3. The van der Waals surface area contributed by atoms with Crippen LogP contribution in [0.4, 0.5) is 4.79 Å². The molecular formula is C17H29N3O3. The van der Waals surface area contributed by atoms with Crippen LogP contribution in [0.15, 0.2) is 0 Å². The van der Waals surface area contributed by atoms with E-state index in [1.165, 1.54) is 6.42 Å². The number of rotatable bonds is 5. The lowest BCUT2D eigenvalue weighted by atomic mass is 9.78. The van der Waals surface area contributed by atoms with E-state index in [9.17, 15) is 14.4 Å². The quantitative estimate of drug-likeness (QED) is 0.758. The van der Waals surface area contributed by atoms with Crippen LogP contribution in [0.3, 0.4) is 0 Å². The third kappa shape index (κ3) is 4.24. The Kier molecular flexibility index (Phi) is 5.65. The molecule has 130 valence electrons. The summed E-state index contributed by atoms with van der Waals surface area (Å²) in [5, 5.41) is 5.68. The fraction of sp³-hybridized carbons (Fsp3) is 0.824. The molecule has 2 aliphatic rings. The zero-order valence-electron chi connectivity index (χ0n) is 14.6. The Bertz CT molecular complexity index is 478. The van der Waals surface area contributed by atoms with Gasteiger partial charge in [-0.15, -0.1) is 0 Å². The number of carbonyl (C=O) groups excluding carboxylic acids is 3. The number of carbonyl (C=O) groups is 3. The molecule has 0 aromatic rings. The van der Waals surface area contributed by atoms with Crippen molar-refractivity contribution in [3.8, 4) is 0 Å². The van der Waals surface area contributed by atoms with Crippen molar-refractivity contribution in [1.82, 2.24) is 15.5 Å². The van der Waals surface area contributed by atoms with Gasteiger partial charge in [0.15, 0.2) is 0 Å². The summed E-state index contributed by atoms with van der Waals surface area (Å²) in [7, 11) is 0. The second kappa shape index (κ2) is 7.32. The Labute approximate surface area is 138 Å². The number of imide groups is 1. The summed E-state index contributed by atoms with van der Waals surface area (Å²) in [6.45, 7) is 8.18. The molecule has 0 bridgehead atoms. The molecule has 1 heterocycles. The van der Waals surface area contributed by atoms with Gasteiger partial charge in [-0.05, 0) is 30.6 Å². The van der Waals surface area contributed by atoms with Gasteiger partial charge in [0.2, 0.25) is 5.91 Å². The Morgan fingerprint density at radius 3 is 2.65 bits per heavy atom. The van der Waals surface area contributed by atoms with E-state index in [4.69, 9.17) is 0 Å². The van der Waals surface area contributed by atoms with Crippen molar-refractivity contribution in [1.29, 1.82) is 0 Å². The van der Waals surface area contributed by atoms with Crippen molar-refractivity contribution < 1.29 is 14.4 Å². The number of nitrogens with zero attached hydrogens (tertiary/aromatic N) is 1. The normalized spacial score (nSPS) is 31.4. The average molecular weight is 323 g/mol. The molecule has 6 nitrogen and oxygen atoms in total. The van der Waals surface area contributed by atoms with Gasteiger partial charge in [0.05, 0.1) is 0 Å². The Morgan fingerprint density at radius 2 is 2.00 bits per heavy atom. The summed E-state index contributed by atoms with van der Waals surface area (Å²) in [5.74, 6) is 0.779. The summed E-state index contributed by atoms with van der Waals surface area (Å²) in [5.41, 5.74) is 0. The van der Waals surface area contributed by atoms with Crippen LogP contribution in [0.5, 0.6) is 0 Å². The molecule has 1 saturated carbocycles. The molecule has 0 aromatic heterocycles. The molecule has 2 N–H and O–H groups in total. The zero-order valence-corrected chi connectivity index (χ0v) is 14.6. The highest BCUT2D eigenvalue weighted by Crippen LogP contribution is 2.29. The highest BCUT2D eigenvalue weighted by atomic mass is 16.2. The first-order chi connectivity index (χ1) is 10.8. The molecule has 0 unspecified atom stereocenters. The second-order valence-corrected chi connectivity index (χ2v) is 7.50. The van der Waals surface area contributed by atoms with E-state index in [1.807, 2.05) is 13.8 Å². The molecule has 0 aromatic carbocycles. The monoisotopic (exact) mass is 323 g/mol. The first kappa shape index (κ1) is 17.8. The topological polar surface area (TPSA) is 78.5 Å². The molecule has 4 amide bonds. The van der Waals surface area contributed by atoms with Gasteiger partial charge < -0.3 is 10.6 Å². The fourth-order valence-electron chi connectivity index (χ4n) is 3.54. The van der Waals surface area contributed by atoms with Crippen molar-refractivity contribution in [3.63, 3.8) is 0 Å². The standard InChI is InChI=1S/C17H29N3O3/c1-10(2)8-14-16(22)20(17(23)19-14)9-15(21)18-13-7-5-6-11(3)12(13)4/h10-14H,5-9H2,1-4H3,(H,18,21)(H,19,23)/t11-,12-,13+,14+/m1/s1. The lowest BCUT2D eigenvalue weighted by Gasteiger charge is -2.34.